The summed E-state index contributed by atoms with van der Waals surface area (Å²) in [4.78, 5) is 16.2. The van der Waals surface area contributed by atoms with E-state index in [0.717, 1.165) is 28.6 Å². The first kappa shape index (κ1) is 20.9. The molecule has 4 rings (SSSR count). The fourth-order valence-electron chi connectivity index (χ4n) is 2.49. The molecule has 0 bridgehead atoms. The highest BCUT2D eigenvalue weighted by Gasteiger charge is 2.38. The number of amides is 1. The fourth-order valence-corrected chi connectivity index (χ4v) is 5.12. The highest BCUT2D eigenvalue weighted by atomic mass is 35.5. The van der Waals surface area contributed by atoms with E-state index in [4.69, 9.17) is 21.4 Å². The minimum absolute atomic E-state index is 0.0403. The van der Waals surface area contributed by atoms with Gasteiger partial charge in [0.2, 0.25) is 19.4 Å². The van der Waals surface area contributed by atoms with Gasteiger partial charge < -0.3 is 4.42 Å². The maximum atomic E-state index is 12.4. The molecule has 1 aromatic carbocycles. The number of aliphatic imine (C=N–C) groups is 1. The lowest BCUT2D eigenvalue weighted by Gasteiger charge is -2.19. The molecule has 1 N–H and O–H groups in total. The van der Waals surface area contributed by atoms with Crippen molar-refractivity contribution in [1.29, 1.82) is 5.41 Å². The Bertz CT molecular complexity index is 1250. The van der Waals surface area contributed by atoms with Crippen LogP contribution in [0.2, 0.25) is 5.02 Å². The van der Waals surface area contributed by atoms with Crippen LogP contribution in [0, 0.1) is 5.41 Å². The summed E-state index contributed by atoms with van der Waals surface area (Å²) < 4.78 is 28.9. The van der Waals surface area contributed by atoms with E-state index in [1.807, 2.05) is 24.3 Å². The Morgan fingerprint density at radius 2 is 2.00 bits per heavy atom. The molecular formula is C18H13ClN4O4S3. The van der Waals surface area contributed by atoms with Gasteiger partial charge in [0, 0.05) is 17.0 Å². The van der Waals surface area contributed by atoms with Gasteiger partial charge in [-0.15, -0.1) is 5.10 Å². The van der Waals surface area contributed by atoms with E-state index in [1.165, 1.54) is 17.8 Å². The van der Waals surface area contributed by atoms with Crippen molar-refractivity contribution in [2.24, 2.45) is 10.1 Å². The van der Waals surface area contributed by atoms with Crippen LogP contribution in [-0.4, -0.2) is 41.0 Å². The Morgan fingerprint density at radius 1 is 1.27 bits per heavy atom. The van der Waals surface area contributed by atoms with Crippen molar-refractivity contribution >= 4 is 72.3 Å². The zero-order chi connectivity index (χ0) is 21.5. The van der Waals surface area contributed by atoms with Gasteiger partial charge in [0.25, 0.3) is 5.91 Å². The van der Waals surface area contributed by atoms with Gasteiger partial charge in [-0.2, -0.15) is 10.0 Å². The number of carbonyl (C=O) groups is 1. The number of hydrogen-bond donors (Lipinski definition) is 1. The molecule has 2 aliphatic rings. The number of amidine groups is 2. The molecule has 3 heterocycles. The van der Waals surface area contributed by atoms with Gasteiger partial charge in [-0.3, -0.25) is 10.2 Å². The summed E-state index contributed by atoms with van der Waals surface area (Å²) >= 11 is 8.10. The number of halogens is 1. The Labute approximate surface area is 185 Å². The highest BCUT2D eigenvalue weighted by Crippen LogP contribution is 2.31. The SMILES string of the molecule is CS(=O)(=O)C1=NN2C(=N)/C(=C\c3ccc(SCc4ccc(Cl)cc4)o3)C(=O)N=C2S1. The Hall–Kier alpha value is -2.34. The lowest BCUT2D eigenvalue weighted by Crippen LogP contribution is -2.35. The molecule has 0 aliphatic carbocycles. The van der Waals surface area contributed by atoms with Crippen LogP contribution >= 0.6 is 35.1 Å². The first-order valence-corrected chi connectivity index (χ1v) is 12.5. The molecule has 30 heavy (non-hydrogen) atoms. The van der Waals surface area contributed by atoms with Crippen LogP contribution in [0.25, 0.3) is 6.08 Å². The summed E-state index contributed by atoms with van der Waals surface area (Å²) in [6, 6.07) is 10.9. The molecule has 12 heteroatoms. The van der Waals surface area contributed by atoms with Gasteiger partial charge in [-0.1, -0.05) is 35.5 Å². The van der Waals surface area contributed by atoms with Crippen molar-refractivity contribution < 1.29 is 17.6 Å². The molecule has 0 radical (unpaired) electrons. The molecule has 1 amide bonds. The van der Waals surface area contributed by atoms with Crippen LogP contribution in [0.15, 0.2) is 61.6 Å². The number of thioether (sulfide) groups is 2. The van der Waals surface area contributed by atoms with Crippen LogP contribution in [0.3, 0.4) is 0 Å². The number of sulfone groups is 1. The number of carbonyl (C=O) groups excluding carboxylic acids is 1. The Kier molecular flexibility index (Phi) is 5.62. The Balaban J connectivity index is 1.51. The molecule has 1 aromatic heterocycles. The van der Waals surface area contributed by atoms with Gasteiger partial charge in [0.15, 0.2) is 10.9 Å². The molecule has 0 saturated heterocycles. The number of hydrogen-bond acceptors (Lipinski definition) is 8. The molecule has 0 fully saturated rings. The molecule has 154 valence electrons. The topological polar surface area (TPSA) is 116 Å². The maximum absolute atomic E-state index is 12.4. The average Bonchev–Trinajstić information content (AvgIpc) is 3.31. The van der Waals surface area contributed by atoms with E-state index >= 15 is 0 Å². The first-order valence-electron chi connectivity index (χ1n) is 8.38. The number of nitrogens with zero attached hydrogens (tertiary/aromatic N) is 3. The summed E-state index contributed by atoms with van der Waals surface area (Å²) in [6.45, 7) is 0. The number of nitrogens with one attached hydrogen (secondary N) is 1. The molecule has 2 aromatic rings. The third-order valence-corrected chi connectivity index (χ3v) is 7.75. The van der Waals surface area contributed by atoms with E-state index in [-0.39, 0.29) is 21.0 Å². The summed E-state index contributed by atoms with van der Waals surface area (Å²) in [7, 11) is -3.57. The van der Waals surface area contributed by atoms with E-state index in [9.17, 15) is 13.2 Å². The number of hydrazone groups is 1. The van der Waals surface area contributed by atoms with E-state index < -0.39 is 15.7 Å². The number of benzene rings is 1. The highest BCUT2D eigenvalue weighted by molar-refractivity contribution is 8.42. The minimum atomic E-state index is -3.57. The molecular weight excluding hydrogens is 468 g/mol. The van der Waals surface area contributed by atoms with Gasteiger partial charge in [-0.05, 0) is 47.7 Å². The lowest BCUT2D eigenvalue weighted by molar-refractivity contribution is -0.114. The number of fused-ring (bicyclic) bond motifs is 1. The predicted molar refractivity (Wildman–Crippen MR) is 120 cm³/mol. The predicted octanol–water partition coefficient (Wildman–Crippen LogP) is 3.85. The summed E-state index contributed by atoms with van der Waals surface area (Å²) in [5.41, 5.74) is 1.04. The smallest absolute Gasteiger partial charge is 0.283 e. The van der Waals surface area contributed by atoms with Gasteiger partial charge in [-0.25, -0.2) is 8.42 Å². The van der Waals surface area contributed by atoms with E-state index in [2.05, 4.69) is 10.1 Å². The quantitative estimate of drug-likeness (QED) is 0.521. The van der Waals surface area contributed by atoms with Crippen molar-refractivity contribution in [2.45, 2.75) is 10.8 Å². The third kappa shape index (κ3) is 4.38. The third-order valence-electron chi connectivity index (χ3n) is 3.94. The summed E-state index contributed by atoms with van der Waals surface area (Å²) in [5.74, 6) is 0.134. The van der Waals surface area contributed by atoms with Crippen molar-refractivity contribution in [3.8, 4) is 0 Å². The van der Waals surface area contributed by atoms with Crippen LogP contribution < -0.4 is 0 Å². The zero-order valence-corrected chi connectivity index (χ0v) is 18.5. The fraction of sp³-hybridized carbons (Fsp3) is 0.111. The minimum Gasteiger partial charge on any atom is -0.450 e. The van der Waals surface area contributed by atoms with Crippen LogP contribution in [0.5, 0.6) is 0 Å². The first-order chi connectivity index (χ1) is 14.2. The van der Waals surface area contributed by atoms with Gasteiger partial charge >= 0.3 is 0 Å². The largest absolute Gasteiger partial charge is 0.450 e. The maximum Gasteiger partial charge on any atom is 0.283 e. The second kappa shape index (κ2) is 8.06. The molecule has 0 atom stereocenters. The van der Waals surface area contributed by atoms with Crippen molar-refractivity contribution in [2.75, 3.05) is 6.26 Å². The average molecular weight is 481 g/mol. The molecule has 2 aliphatic heterocycles. The summed E-state index contributed by atoms with van der Waals surface area (Å²) in [5, 5.41) is 14.5. The van der Waals surface area contributed by atoms with Crippen molar-refractivity contribution in [3.63, 3.8) is 0 Å². The van der Waals surface area contributed by atoms with Crippen LogP contribution in [0.4, 0.5) is 0 Å². The van der Waals surface area contributed by atoms with Gasteiger partial charge in [0.05, 0.1) is 5.57 Å². The van der Waals surface area contributed by atoms with Crippen LogP contribution in [-0.2, 0) is 20.4 Å². The monoisotopic (exact) mass is 480 g/mol. The van der Waals surface area contributed by atoms with E-state index in [0.29, 0.717) is 21.6 Å². The molecule has 0 saturated carbocycles. The molecule has 0 unspecified atom stereocenters. The second-order valence-corrected chi connectivity index (χ2v) is 10.8. The van der Waals surface area contributed by atoms with Crippen molar-refractivity contribution in [1.82, 2.24) is 5.01 Å². The van der Waals surface area contributed by atoms with Gasteiger partial charge in [0.1, 0.15) is 5.76 Å². The standard InChI is InChI=1S/C18H13ClN4O4S3/c1-30(25,26)18-22-23-15(20)13(16(24)21-17(23)29-18)8-12-6-7-14(27-12)28-9-10-2-4-11(19)5-3-10/h2-8,20H,9H2,1H3/b13-8+,20-15?. The zero-order valence-electron chi connectivity index (χ0n) is 15.3. The number of rotatable bonds is 4. The van der Waals surface area contributed by atoms with Crippen LogP contribution in [0.1, 0.15) is 11.3 Å². The van der Waals surface area contributed by atoms with E-state index in [1.54, 1.807) is 12.1 Å². The summed E-state index contributed by atoms with van der Waals surface area (Å²) in [6.07, 6.45) is 2.40. The normalized spacial score (nSPS) is 17.9. The number of furan rings is 1. The van der Waals surface area contributed by atoms with Crippen molar-refractivity contribution in [3.05, 3.63) is 58.3 Å². The second-order valence-electron chi connectivity index (χ2n) is 6.23. The Morgan fingerprint density at radius 3 is 2.70 bits per heavy atom. The molecule has 8 nitrogen and oxygen atoms in total. The lowest BCUT2D eigenvalue weighted by atomic mass is 10.1. The molecule has 0 spiro atoms.